The molecule has 1 aliphatic heterocycles. The van der Waals surface area contributed by atoms with E-state index in [1.807, 2.05) is 47.0 Å². The first-order valence-electron chi connectivity index (χ1n) is 8.59. The second-order valence-corrected chi connectivity index (χ2v) is 7.25. The van der Waals surface area contributed by atoms with Gasteiger partial charge in [0.15, 0.2) is 11.5 Å². The van der Waals surface area contributed by atoms with Gasteiger partial charge >= 0.3 is 0 Å². The number of halogens is 1. The monoisotopic (exact) mass is 405 g/mol. The predicted molar refractivity (Wildman–Crippen MR) is 105 cm³/mol. The van der Waals surface area contributed by atoms with E-state index in [0.29, 0.717) is 0 Å². The van der Waals surface area contributed by atoms with Crippen molar-refractivity contribution in [3.05, 3.63) is 76.3 Å². The van der Waals surface area contributed by atoms with Crippen LogP contribution in [0.15, 0.2) is 65.1 Å². The fourth-order valence-corrected chi connectivity index (χ4v) is 3.98. The predicted octanol–water partition coefficient (Wildman–Crippen LogP) is 4.12. The van der Waals surface area contributed by atoms with E-state index in [-0.39, 0.29) is 0 Å². The molecule has 4 aromatic rings. The molecular weight excluding hydrogens is 390 g/mol. The lowest BCUT2D eigenvalue weighted by Crippen LogP contribution is -2.31. The quantitative estimate of drug-likeness (QED) is 0.503. The number of hydrogen-bond acceptors (Lipinski definition) is 4. The fourth-order valence-electron chi connectivity index (χ4n) is 3.45. The van der Waals surface area contributed by atoms with E-state index in [0.717, 1.165) is 46.8 Å². The first-order chi connectivity index (χ1) is 12.8. The fraction of sp³-hybridized carbons (Fsp3) is 0.150. The van der Waals surface area contributed by atoms with Crippen LogP contribution in [-0.4, -0.2) is 26.4 Å². The average molecular weight is 406 g/mol. The molecule has 0 spiro atoms. The summed E-state index contributed by atoms with van der Waals surface area (Å²) in [6, 6.07) is 20.5. The molecule has 0 radical (unpaired) electrons. The lowest BCUT2D eigenvalue weighted by atomic mass is 10.00. The second kappa shape index (κ2) is 6.21. The Balaban J connectivity index is 1.55. The molecule has 0 bridgehead atoms. The Morgan fingerprint density at radius 1 is 0.885 bits per heavy atom. The minimum absolute atomic E-state index is 0.756. The van der Waals surface area contributed by atoms with Crippen molar-refractivity contribution in [2.75, 3.05) is 11.4 Å². The zero-order valence-corrected chi connectivity index (χ0v) is 15.6. The van der Waals surface area contributed by atoms with Crippen LogP contribution >= 0.6 is 15.9 Å². The molecule has 6 heteroatoms. The molecule has 5 rings (SSSR count). The summed E-state index contributed by atoms with van der Waals surface area (Å²) in [5.74, 6) is 1.71. The Morgan fingerprint density at radius 3 is 2.65 bits per heavy atom. The standard InChI is InChI=1S/C20H16BrN5/c21-17-8-4-7-14-11-12-25(13-16(14)17)19-10-9-18-22-23-20(26(18)24-19)15-5-2-1-3-6-15/h1-10H,11-13H2. The Kier molecular flexibility index (Phi) is 3.71. The minimum Gasteiger partial charge on any atom is -0.350 e. The van der Waals surface area contributed by atoms with E-state index in [2.05, 4.69) is 49.2 Å². The van der Waals surface area contributed by atoms with E-state index >= 15 is 0 Å². The Morgan fingerprint density at radius 2 is 1.77 bits per heavy atom. The normalized spacial score (nSPS) is 13.8. The third-order valence-corrected chi connectivity index (χ3v) is 5.56. The molecule has 0 aliphatic carbocycles. The van der Waals surface area contributed by atoms with E-state index in [1.54, 1.807) is 0 Å². The van der Waals surface area contributed by atoms with Crippen LogP contribution in [-0.2, 0) is 13.0 Å². The highest BCUT2D eigenvalue weighted by molar-refractivity contribution is 9.10. The van der Waals surface area contributed by atoms with Crippen molar-refractivity contribution >= 4 is 27.4 Å². The highest BCUT2D eigenvalue weighted by Crippen LogP contribution is 2.29. The van der Waals surface area contributed by atoms with Crippen LogP contribution in [0.4, 0.5) is 5.82 Å². The van der Waals surface area contributed by atoms with Gasteiger partial charge in [-0.25, -0.2) is 0 Å². The third kappa shape index (κ3) is 2.57. The van der Waals surface area contributed by atoms with Gasteiger partial charge in [0, 0.05) is 23.1 Å². The molecule has 26 heavy (non-hydrogen) atoms. The highest BCUT2D eigenvalue weighted by Gasteiger charge is 2.20. The summed E-state index contributed by atoms with van der Waals surface area (Å²) in [6.45, 7) is 1.79. The van der Waals surface area contributed by atoms with Crippen molar-refractivity contribution in [2.45, 2.75) is 13.0 Å². The van der Waals surface area contributed by atoms with Gasteiger partial charge in [-0.15, -0.1) is 15.3 Å². The van der Waals surface area contributed by atoms with E-state index in [1.165, 1.54) is 11.1 Å². The Labute approximate surface area is 159 Å². The minimum atomic E-state index is 0.756. The topological polar surface area (TPSA) is 46.3 Å². The molecule has 2 aromatic heterocycles. The van der Waals surface area contributed by atoms with Crippen LogP contribution in [0.25, 0.3) is 17.0 Å². The third-order valence-electron chi connectivity index (χ3n) is 4.82. The summed E-state index contributed by atoms with van der Waals surface area (Å²) in [4.78, 5) is 2.31. The van der Waals surface area contributed by atoms with Crippen LogP contribution in [0.2, 0.25) is 0 Å². The van der Waals surface area contributed by atoms with Gasteiger partial charge in [0.1, 0.15) is 5.82 Å². The lowest BCUT2D eigenvalue weighted by molar-refractivity contribution is 0.706. The maximum atomic E-state index is 4.84. The number of nitrogens with zero attached hydrogens (tertiary/aromatic N) is 5. The first kappa shape index (κ1) is 15.5. The molecular formula is C20H16BrN5. The molecule has 1 aliphatic rings. The van der Waals surface area contributed by atoms with Crippen molar-refractivity contribution < 1.29 is 0 Å². The largest absolute Gasteiger partial charge is 0.350 e. The molecule has 0 amide bonds. The van der Waals surface area contributed by atoms with Gasteiger partial charge in [-0.2, -0.15) is 4.52 Å². The summed E-state index contributed by atoms with van der Waals surface area (Å²) in [5, 5.41) is 13.4. The molecule has 0 fully saturated rings. The number of anilines is 1. The SMILES string of the molecule is Brc1cccc2c1CN(c1ccc3nnc(-c4ccccc4)n3n1)CC2. The van der Waals surface area contributed by atoms with Crippen LogP contribution in [0.5, 0.6) is 0 Å². The molecule has 5 nitrogen and oxygen atoms in total. The second-order valence-electron chi connectivity index (χ2n) is 6.40. The van der Waals surface area contributed by atoms with Crippen molar-refractivity contribution in [1.82, 2.24) is 19.8 Å². The first-order valence-corrected chi connectivity index (χ1v) is 9.38. The zero-order valence-electron chi connectivity index (χ0n) is 14.0. The summed E-state index contributed by atoms with van der Waals surface area (Å²) in [5.41, 5.74) is 4.52. The van der Waals surface area contributed by atoms with Crippen LogP contribution < -0.4 is 4.90 Å². The van der Waals surface area contributed by atoms with Gasteiger partial charge in [-0.1, -0.05) is 58.4 Å². The van der Waals surface area contributed by atoms with Gasteiger partial charge in [0.25, 0.3) is 0 Å². The molecule has 0 saturated carbocycles. The van der Waals surface area contributed by atoms with E-state index in [4.69, 9.17) is 5.10 Å². The molecule has 2 aromatic carbocycles. The summed E-state index contributed by atoms with van der Waals surface area (Å²) in [7, 11) is 0. The van der Waals surface area contributed by atoms with Gasteiger partial charge in [-0.3, -0.25) is 0 Å². The maximum absolute atomic E-state index is 4.84. The smallest absolute Gasteiger partial charge is 0.185 e. The Bertz CT molecular complexity index is 1090. The molecule has 3 heterocycles. The Hall–Kier alpha value is -2.73. The number of hydrogen-bond donors (Lipinski definition) is 0. The number of fused-ring (bicyclic) bond motifs is 2. The van der Waals surface area contributed by atoms with Gasteiger partial charge in [0.2, 0.25) is 0 Å². The number of aromatic nitrogens is 4. The number of rotatable bonds is 2. The van der Waals surface area contributed by atoms with Crippen LogP contribution in [0.3, 0.4) is 0 Å². The van der Waals surface area contributed by atoms with E-state index < -0.39 is 0 Å². The molecule has 0 atom stereocenters. The van der Waals surface area contributed by atoms with Crippen LogP contribution in [0, 0.1) is 0 Å². The number of benzene rings is 2. The summed E-state index contributed by atoms with van der Waals surface area (Å²) >= 11 is 3.69. The zero-order chi connectivity index (χ0) is 17.5. The lowest BCUT2D eigenvalue weighted by Gasteiger charge is -2.30. The highest BCUT2D eigenvalue weighted by atomic mass is 79.9. The molecule has 0 N–H and O–H groups in total. The van der Waals surface area contributed by atoms with Gasteiger partial charge < -0.3 is 4.90 Å². The van der Waals surface area contributed by atoms with Crippen molar-refractivity contribution in [2.24, 2.45) is 0 Å². The molecule has 0 unspecified atom stereocenters. The van der Waals surface area contributed by atoms with Crippen LogP contribution in [0.1, 0.15) is 11.1 Å². The molecule has 0 saturated heterocycles. The average Bonchev–Trinajstić information content (AvgIpc) is 3.12. The van der Waals surface area contributed by atoms with E-state index in [9.17, 15) is 0 Å². The van der Waals surface area contributed by atoms with Crippen molar-refractivity contribution in [1.29, 1.82) is 0 Å². The van der Waals surface area contributed by atoms with Crippen molar-refractivity contribution in [3.63, 3.8) is 0 Å². The maximum Gasteiger partial charge on any atom is 0.185 e. The van der Waals surface area contributed by atoms with Gasteiger partial charge in [0.05, 0.1) is 0 Å². The van der Waals surface area contributed by atoms with Gasteiger partial charge in [-0.05, 0) is 35.7 Å². The summed E-state index contributed by atoms with van der Waals surface area (Å²) < 4.78 is 3.00. The van der Waals surface area contributed by atoms with Crippen molar-refractivity contribution in [3.8, 4) is 11.4 Å². The molecule has 128 valence electrons. The summed E-state index contributed by atoms with van der Waals surface area (Å²) in [6.07, 6.45) is 1.02.